The Morgan fingerprint density at radius 3 is 2.64 bits per heavy atom. The first-order valence-electron chi connectivity index (χ1n) is 10.4. The first kappa shape index (κ1) is 21.4. The highest BCUT2D eigenvalue weighted by Crippen LogP contribution is 2.31. The molecule has 1 amide bonds. The van der Waals surface area contributed by atoms with Gasteiger partial charge < -0.3 is 4.57 Å². The van der Waals surface area contributed by atoms with Crippen LogP contribution >= 0.6 is 23.4 Å². The van der Waals surface area contributed by atoms with Gasteiger partial charge in [0.2, 0.25) is 5.17 Å². The van der Waals surface area contributed by atoms with E-state index in [1.165, 1.54) is 16.8 Å². The number of halogens is 1. The second-order valence-electron chi connectivity index (χ2n) is 7.82. The molecule has 0 fully saturated rings. The van der Waals surface area contributed by atoms with Crippen LogP contribution in [0.4, 0.5) is 0 Å². The Labute approximate surface area is 200 Å². The van der Waals surface area contributed by atoms with Crippen molar-refractivity contribution < 1.29 is 4.79 Å². The Bertz CT molecular complexity index is 1390. The number of hydrogen-bond donors (Lipinski definition) is 1. The number of carbonyl (C=O) groups excluding carboxylic acids is 1. The van der Waals surface area contributed by atoms with Crippen molar-refractivity contribution in [3.05, 3.63) is 93.8 Å². The molecule has 3 aromatic rings. The van der Waals surface area contributed by atoms with Crippen LogP contribution in [-0.4, -0.2) is 31.5 Å². The van der Waals surface area contributed by atoms with E-state index in [0.29, 0.717) is 16.6 Å². The van der Waals surface area contributed by atoms with E-state index in [2.05, 4.69) is 14.7 Å². The summed E-state index contributed by atoms with van der Waals surface area (Å²) in [5.41, 5.74) is 5.07. The minimum atomic E-state index is -0.428. The fraction of sp³-hybridized carbons (Fsp3) is 0.120. The maximum atomic E-state index is 12.8. The maximum Gasteiger partial charge on any atom is 0.283 e. The molecule has 3 heterocycles. The van der Waals surface area contributed by atoms with Crippen LogP contribution in [0.5, 0.6) is 0 Å². The van der Waals surface area contributed by atoms with Gasteiger partial charge in [-0.25, -0.2) is 0 Å². The van der Waals surface area contributed by atoms with Crippen molar-refractivity contribution in [2.24, 2.45) is 10.1 Å². The van der Waals surface area contributed by atoms with E-state index in [4.69, 9.17) is 17.0 Å². The lowest BCUT2D eigenvalue weighted by Gasteiger charge is -2.20. The van der Waals surface area contributed by atoms with Crippen molar-refractivity contribution in [3.63, 3.8) is 0 Å². The molecule has 0 saturated carbocycles. The fourth-order valence-corrected chi connectivity index (χ4v) is 5.08. The van der Waals surface area contributed by atoms with Crippen LogP contribution in [0.2, 0.25) is 5.02 Å². The Morgan fingerprint density at radius 1 is 1.09 bits per heavy atom. The van der Waals surface area contributed by atoms with E-state index in [-0.39, 0.29) is 11.4 Å². The van der Waals surface area contributed by atoms with Gasteiger partial charge in [-0.1, -0.05) is 48.0 Å². The summed E-state index contributed by atoms with van der Waals surface area (Å²) in [6, 6.07) is 19.6. The number of fused-ring (bicyclic) bond motifs is 1. The molecule has 33 heavy (non-hydrogen) atoms. The van der Waals surface area contributed by atoms with Crippen LogP contribution in [-0.2, 0) is 11.2 Å². The number of hydrogen-bond acceptors (Lipinski definition) is 4. The number of aryl methyl sites for hydroxylation is 1. The molecule has 1 aromatic heterocycles. The monoisotopic (exact) mass is 473 g/mol. The lowest BCUT2D eigenvalue weighted by molar-refractivity contribution is -0.114. The van der Waals surface area contributed by atoms with Crippen LogP contribution in [0.1, 0.15) is 22.5 Å². The average molecular weight is 474 g/mol. The van der Waals surface area contributed by atoms with Gasteiger partial charge in [-0.3, -0.25) is 10.2 Å². The first-order chi connectivity index (χ1) is 15.9. The van der Waals surface area contributed by atoms with E-state index < -0.39 is 5.91 Å². The number of thioether (sulfide) groups is 1. The molecule has 0 radical (unpaired) electrons. The molecule has 0 spiro atoms. The third-order valence-corrected chi connectivity index (χ3v) is 6.67. The van der Waals surface area contributed by atoms with Gasteiger partial charge in [-0.2, -0.15) is 15.1 Å². The first-order valence-corrected chi connectivity index (χ1v) is 11.6. The number of amidine groups is 2. The Balaban J connectivity index is 1.47. The third-order valence-electron chi connectivity index (χ3n) is 5.53. The molecular formula is C25H20ClN5OS. The van der Waals surface area contributed by atoms with E-state index in [9.17, 15) is 4.79 Å². The molecule has 0 atom stereocenters. The van der Waals surface area contributed by atoms with Crippen LogP contribution in [0.15, 0.2) is 76.3 Å². The number of nitrogens with one attached hydrogen (secondary N) is 1. The Morgan fingerprint density at radius 2 is 1.88 bits per heavy atom. The van der Waals surface area contributed by atoms with Gasteiger partial charge >= 0.3 is 0 Å². The molecule has 2 aliphatic rings. The molecule has 8 heteroatoms. The molecule has 2 aliphatic heterocycles. The minimum absolute atomic E-state index is 0.0353. The fourth-order valence-electron chi connectivity index (χ4n) is 3.98. The summed E-state index contributed by atoms with van der Waals surface area (Å²) in [5, 5.41) is 16.6. The van der Waals surface area contributed by atoms with Gasteiger partial charge in [0, 0.05) is 28.5 Å². The molecular weight excluding hydrogens is 454 g/mol. The molecule has 5 rings (SSSR count). The smallest absolute Gasteiger partial charge is 0.283 e. The van der Waals surface area contributed by atoms with Gasteiger partial charge in [-0.05, 0) is 67.1 Å². The highest BCUT2D eigenvalue weighted by atomic mass is 35.5. The molecule has 0 aliphatic carbocycles. The van der Waals surface area contributed by atoms with Crippen molar-refractivity contribution >= 4 is 51.4 Å². The van der Waals surface area contributed by atoms with Crippen molar-refractivity contribution in [2.45, 2.75) is 20.3 Å². The highest BCUT2D eigenvalue weighted by Gasteiger charge is 2.35. The summed E-state index contributed by atoms with van der Waals surface area (Å²) in [6.07, 6.45) is 2.35. The summed E-state index contributed by atoms with van der Waals surface area (Å²) in [6.45, 7) is 3.98. The van der Waals surface area contributed by atoms with Gasteiger partial charge in [0.25, 0.3) is 5.91 Å². The number of benzene rings is 2. The van der Waals surface area contributed by atoms with E-state index in [1.807, 2.05) is 74.5 Å². The van der Waals surface area contributed by atoms with E-state index >= 15 is 0 Å². The number of carbonyl (C=O) groups is 1. The normalized spacial score (nSPS) is 16.8. The lowest BCUT2D eigenvalue weighted by atomic mass is 10.1. The largest absolute Gasteiger partial charge is 0.318 e. The van der Waals surface area contributed by atoms with Gasteiger partial charge in [-0.15, -0.1) is 0 Å². The Kier molecular flexibility index (Phi) is 5.52. The van der Waals surface area contributed by atoms with Crippen molar-refractivity contribution in [1.82, 2.24) is 9.58 Å². The minimum Gasteiger partial charge on any atom is -0.318 e. The zero-order valence-electron chi connectivity index (χ0n) is 18.0. The average Bonchev–Trinajstić information content (AvgIpc) is 3.31. The highest BCUT2D eigenvalue weighted by molar-refractivity contribution is 8.26. The maximum absolute atomic E-state index is 12.8. The zero-order chi connectivity index (χ0) is 23.1. The van der Waals surface area contributed by atoms with Crippen LogP contribution in [0, 0.1) is 19.3 Å². The number of nitrogens with zero attached hydrogens (tertiary/aromatic N) is 4. The summed E-state index contributed by atoms with van der Waals surface area (Å²) < 4.78 is 2.08. The number of amides is 1. The van der Waals surface area contributed by atoms with Gasteiger partial charge in [0.15, 0.2) is 5.84 Å². The number of aliphatic imine (C=N–C) groups is 1. The summed E-state index contributed by atoms with van der Waals surface area (Å²) >= 11 is 7.52. The molecule has 2 aromatic carbocycles. The van der Waals surface area contributed by atoms with Crippen LogP contribution in [0.3, 0.4) is 0 Å². The van der Waals surface area contributed by atoms with E-state index in [0.717, 1.165) is 33.2 Å². The summed E-state index contributed by atoms with van der Waals surface area (Å²) in [4.78, 5) is 17.0. The molecule has 1 N–H and O–H groups in total. The molecule has 0 unspecified atom stereocenters. The summed E-state index contributed by atoms with van der Waals surface area (Å²) in [5.74, 6) is -0.393. The third kappa shape index (κ3) is 4.05. The second kappa shape index (κ2) is 8.50. The zero-order valence-corrected chi connectivity index (χ0v) is 19.6. The predicted molar refractivity (Wildman–Crippen MR) is 135 cm³/mol. The summed E-state index contributed by atoms with van der Waals surface area (Å²) in [7, 11) is 0. The molecule has 164 valence electrons. The van der Waals surface area contributed by atoms with Crippen LogP contribution in [0.25, 0.3) is 11.8 Å². The van der Waals surface area contributed by atoms with Gasteiger partial charge in [0.1, 0.15) is 5.04 Å². The quantitative estimate of drug-likeness (QED) is 0.500. The number of rotatable bonds is 4. The van der Waals surface area contributed by atoms with Crippen molar-refractivity contribution in [1.29, 1.82) is 5.41 Å². The molecule has 6 nitrogen and oxygen atoms in total. The van der Waals surface area contributed by atoms with E-state index in [1.54, 1.807) is 6.08 Å². The molecule has 0 bridgehead atoms. The number of hydrazone groups is 1. The Hall–Kier alpha value is -3.42. The van der Waals surface area contributed by atoms with Gasteiger partial charge in [0.05, 0.1) is 5.57 Å². The predicted octanol–water partition coefficient (Wildman–Crippen LogP) is 5.61. The number of aromatic nitrogens is 1. The second-order valence-corrected chi connectivity index (χ2v) is 9.29. The topological polar surface area (TPSA) is 73.8 Å². The molecule has 0 saturated heterocycles. The van der Waals surface area contributed by atoms with Crippen molar-refractivity contribution in [2.75, 3.05) is 0 Å². The van der Waals surface area contributed by atoms with Crippen molar-refractivity contribution in [3.8, 4) is 5.69 Å². The van der Waals surface area contributed by atoms with Crippen LogP contribution < -0.4 is 0 Å². The SMILES string of the molecule is Cc1cc(/C=C2\C(=N)N3N=C(Cc4ccccc4)SC3=NC2=O)c(C)n1-c1cccc(Cl)c1. The standard InChI is InChI=1S/C25H20ClN5OS/c1-15-11-18(16(2)30(15)20-10-6-9-19(26)14-20)13-21-23(27)31-25(28-24(21)32)33-22(29-31)12-17-7-4-3-5-8-17/h3-11,13-14,27H,12H2,1-2H3/b21-13+,27-23?. The lowest BCUT2D eigenvalue weighted by Crippen LogP contribution is -2.35.